The summed E-state index contributed by atoms with van der Waals surface area (Å²) in [5.41, 5.74) is 5.41. The Morgan fingerprint density at radius 2 is 1.64 bits per heavy atom. The van der Waals surface area contributed by atoms with Crippen LogP contribution < -0.4 is 0 Å². The minimum Gasteiger partial charge on any atom is -0.220 e. The first kappa shape index (κ1) is 22.0. The molecule has 0 radical (unpaired) electrons. The first-order valence-electron chi connectivity index (χ1n) is 11.0. The van der Waals surface area contributed by atoms with Crippen LogP contribution in [0.2, 0.25) is 0 Å². The molecule has 0 unspecified atom stereocenters. The van der Waals surface area contributed by atoms with Gasteiger partial charge in [0.1, 0.15) is 17.6 Å². The Kier molecular flexibility index (Phi) is 6.93. The molecule has 4 nitrogen and oxygen atoms in total. The van der Waals surface area contributed by atoms with Gasteiger partial charge in [0.25, 0.3) is 0 Å². The Balaban J connectivity index is 1.44. The summed E-state index contributed by atoms with van der Waals surface area (Å²) in [6.07, 6.45) is 6.72. The number of halogens is 1. The third kappa shape index (κ3) is 5.53. The Morgan fingerprint density at radius 3 is 2.33 bits per heavy atom. The number of nitrogens with zero attached hydrogens (tertiary/aromatic N) is 4. The molecule has 0 aliphatic carbocycles. The fourth-order valence-electron chi connectivity index (χ4n) is 3.47. The lowest BCUT2D eigenvalue weighted by atomic mass is 10.0. The van der Waals surface area contributed by atoms with Crippen LogP contribution in [0.25, 0.3) is 16.9 Å². The van der Waals surface area contributed by atoms with Gasteiger partial charge in [-0.05, 0) is 60.9 Å². The van der Waals surface area contributed by atoms with Crippen molar-refractivity contribution in [2.45, 2.75) is 32.6 Å². The predicted octanol–water partition coefficient (Wildman–Crippen LogP) is 6.08. The molecule has 5 heteroatoms. The summed E-state index contributed by atoms with van der Waals surface area (Å²) in [6, 6.07) is 22.3. The molecule has 0 aliphatic rings. The van der Waals surface area contributed by atoms with Crippen molar-refractivity contribution in [1.29, 1.82) is 5.26 Å². The van der Waals surface area contributed by atoms with Crippen LogP contribution in [0.1, 0.15) is 48.4 Å². The zero-order valence-electron chi connectivity index (χ0n) is 18.4. The Hall–Kier alpha value is -4.22. The first-order valence-corrected chi connectivity index (χ1v) is 11.0. The van der Waals surface area contributed by atoms with Crippen LogP contribution in [0.4, 0.5) is 4.39 Å². The van der Waals surface area contributed by atoms with E-state index in [-0.39, 0.29) is 5.56 Å². The highest BCUT2D eigenvalue weighted by molar-refractivity contribution is 5.59. The van der Waals surface area contributed by atoms with Crippen molar-refractivity contribution in [2.24, 2.45) is 0 Å². The van der Waals surface area contributed by atoms with Crippen molar-refractivity contribution in [2.75, 3.05) is 0 Å². The van der Waals surface area contributed by atoms with E-state index in [1.54, 1.807) is 16.8 Å². The Morgan fingerprint density at radius 1 is 0.909 bits per heavy atom. The first-order chi connectivity index (χ1) is 16.2. The molecular weight excluding hydrogens is 411 g/mol. The zero-order valence-corrected chi connectivity index (χ0v) is 18.4. The summed E-state index contributed by atoms with van der Waals surface area (Å²) in [7, 11) is 0. The number of aromatic nitrogens is 3. The zero-order chi connectivity index (χ0) is 23.0. The highest BCUT2D eigenvalue weighted by atomic mass is 19.1. The van der Waals surface area contributed by atoms with Crippen LogP contribution in [0.3, 0.4) is 0 Å². The molecule has 0 amide bonds. The number of hydrogen-bond donors (Lipinski definition) is 0. The Labute approximate surface area is 193 Å². The quantitative estimate of drug-likeness (QED) is 0.273. The number of unbranched alkanes of at least 4 members (excludes halogenated alkanes) is 2. The van der Waals surface area contributed by atoms with Gasteiger partial charge in [0.15, 0.2) is 0 Å². The van der Waals surface area contributed by atoms with E-state index in [0.29, 0.717) is 5.56 Å². The van der Waals surface area contributed by atoms with Gasteiger partial charge in [0.2, 0.25) is 0 Å². The number of rotatable bonds is 6. The largest absolute Gasteiger partial charge is 0.220 e. The van der Waals surface area contributed by atoms with E-state index in [9.17, 15) is 4.39 Å². The van der Waals surface area contributed by atoms with E-state index in [4.69, 9.17) is 5.26 Å². The lowest BCUT2D eigenvalue weighted by Gasteiger charge is -2.02. The number of benzene rings is 3. The summed E-state index contributed by atoms with van der Waals surface area (Å²) in [6.45, 7) is 2.22. The van der Waals surface area contributed by atoms with Crippen LogP contribution >= 0.6 is 0 Å². The van der Waals surface area contributed by atoms with E-state index in [1.165, 1.54) is 37.0 Å². The molecule has 0 N–H and O–H groups in total. The number of nitriles is 1. The van der Waals surface area contributed by atoms with E-state index in [0.717, 1.165) is 28.9 Å². The SMILES string of the molecule is CCCCCc1ccc(-c2cn(-c3ccc(C#Cc4ccc(C#N)c(F)c4)cc3)nn2)cc1. The fourth-order valence-corrected chi connectivity index (χ4v) is 3.47. The lowest BCUT2D eigenvalue weighted by Crippen LogP contribution is -1.94. The number of aryl methyl sites for hydroxylation is 1. The van der Waals surface area contributed by atoms with Gasteiger partial charge in [-0.3, -0.25) is 0 Å². The monoisotopic (exact) mass is 434 g/mol. The minimum atomic E-state index is -0.562. The van der Waals surface area contributed by atoms with Crippen LogP contribution in [0, 0.1) is 29.0 Å². The maximum atomic E-state index is 13.7. The van der Waals surface area contributed by atoms with Crippen LogP contribution in [0.5, 0.6) is 0 Å². The van der Waals surface area contributed by atoms with Gasteiger partial charge < -0.3 is 0 Å². The van der Waals surface area contributed by atoms with Crippen molar-refractivity contribution in [3.05, 3.63) is 101 Å². The molecule has 0 saturated heterocycles. The molecule has 1 aromatic heterocycles. The molecule has 1 heterocycles. The maximum absolute atomic E-state index is 13.7. The van der Waals surface area contributed by atoms with Gasteiger partial charge in [-0.1, -0.05) is 61.1 Å². The van der Waals surface area contributed by atoms with E-state index in [1.807, 2.05) is 30.5 Å². The van der Waals surface area contributed by atoms with Crippen molar-refractivity contribution < 1.29 is 4.39 Å². The third-order valence-electron chi connectivity index (χ3n) is 5.38. The standard InChI is InChI=1S/C28H23FN4/c1-2-3-4-5-21-8-13-24(14-9-21)28-20-33(32-31-28)26-16-11-22(12-17-26)6-7-23-10-15-25(19-30)27(29)18-23/h8-18,20H,2-5H2,1H3. The van der Waals surface area contributed by atoms with Gasteiger partial charge in [0.05, 0.1) is 17.4 Å². The van der Waals surface area contributed by atoms with Crippen LogP contribution in [-0.4, -0.2) is 15.0 Å². The number of hydrogen-bond acceptors (Lipinski definition) is 3. The highest BCUT2D eigenvalue weighted by Crippen LogP contribution is 2.19. The molecule has 162 valence electrons. The van der Waals surface area contributed by atoms with Gasteiger partial charge in [-0.15, -0.1) is 5.10 Å². The topological polar surface area (TPSA) is 54.5 Å². The molecule has 4 rings (SSSR count). The summed E-state index contributed by atoms with van der Waals surface area (Å²) in [5, 5.41) is 17.4. The molecule has 0 bridgehead atoms. The average Bonchev–Trinajstić information content (AvgIpc) is 3.34. The molecule has 4 aromatic rings. The Bertz CT molecular complexity index is 1330. The summed E-state index contributed by atoms with van der Waals surface area (Å²) < 4.78 is 15.5. The molecular formula is C28H23FN4. The van der Waals surface area contributed by atoms with E-state index < -0.39 is 5.82 Å². The van der Waals surface area contributed by atoms with Crippen molar-refractivity contribution in [3.63, 3.8) is 0 Å². The summed E-state index contributed by atoms with van der Waals surface area (Å²) in [5.74, 6) is 5.38. The smallest absolute Gasteiger partial charge is 0.142 e. The summed E-state index contributed by atoms with van der Waals surface area (Å²) in [4.78, 5) is 0. The van der Waals surface area contributed by atoms with E-state index >= 15 is 0 Å². The van der Waals surface area contributed by atoms with E-state index in [2.05, 4.69) is 53.3 Å². The van der Waals surface area contributed by atoms with Crippen LogP contribution in [0.15, 0.2) is 72.9 Å². The molecule has 0 spiro atoms. The van der Waals surface area contributed by atoms with Crippen molar-refractivity contribution in [1.82, 2.24) is 15.0 Å². The van der Waals surface area contributed by atoms with Crippen LogP contribution in [-0.2, 0) is 6.42 Å². The molecule has 0 saturated carbocycles. The molecule has 3 aromatic carbocycles. The second-order valence-electron chi connectivity index (χ2n) is 7.81. The normalized spacial score (nSPS) is 10.3. The molecule has 0 fully saturated rings. The van der Waals surface area contributed by atoms with Crippen molar-refractivity contribution in [3.8, 4) is 34.9 Å². The minimum absolute atomic E-state index is 0.0139. The van der Waals surface area contributed by atoms with Crippen molar-refractivity contribution >= 4 is 0 Å². The van der Waals surface area contributed by atoms with Gasteiger partial charge >= 0.3 is 0 Å². The molecule has 33 heavy (non-hydrogen) atoms. The third-order valence-corrected chi connectivity index (χ3v) is 5.38. The lowest BCUT2D eigenvalue weighted by molar-refractivity contribution is 0.623. The summed E-state index contributed by atoms with van der Waals surface area (Å²) >= 11 is 0. The molecule has 0 aliphatic heterocycles. The molecule has 0 atom stereocenters. The average molecular weight is 435 g/mol. The van der Waals surface area contributed by atoms with Gasteiger partial charge in [-0.2, -0.15) is 5.26 Å². The second-order valence-corrected chi connectivity index (χ2v) is 7.81. The maximum Gasteiger partial charge on any atom is 0.142 e. The van der Waals surface area contributed by atoms with Gasteiger partial charge in [0, 0.05) is 16.7 Å². The second kappa shape index (κ2) is 10.4. The fraction of sp³-hybridized carbons (Fsp3) is 0.179. The predicted molar refractivity (Wildman–Crippen MR) is 127 cm³/mol. The highest BCUT2D eigenvalue weighted by Gasteiger charge is 2.06. The van der Waals surface area contributed by atoms with Gasteiger partial charge in [-0.25, -0.2) is 9.07 Å².